The van der Waals surface area contributed by atoms with Gasteiger partial charge in [0, 0.05) is 12.7 Å². The molecule has 5 rings (SSSR count). The molecule has 0 saturated carbocycles. The SMILES string of the molecule is COC(=O)[C@@H]1CCCn2c(=O)c(-c3ccc(F)cc3)c(-c3ccnc(N[C@@H](C)c4ccccc4)n3)n21. The lowest BCUT2D eigenvalue weighted by Gasteiger charge is -2.27. The van der Waals surface area contributed by atoms with Crippen LogP contribution < -0.4 is 10.9 Å². The summed E-state index contributed by atoms with van der Waals surface area (Å²) in [5.74, 6) is -0.456. The standard InChI is InChI=1S/C27H26FN5O3/c1-17(18-7-4-3-5-8-18)30-27-29-15-14-21(31-27)24-23(19-10-12-20(28)13-11-19)25(34)32-16-6-9-22(33(24)32)26(35)36-2/h3-5,7-8,10-15,17,22H,6,9,16H2,1-2H3,(H,29,30,31)/t17-,22-/m0/s1. The second-order valence-electron chi connectivity index (χ2n) is 8.73. The maximum atomic E-state index is 13.7. The van der Waals surface area contributed by atoms with Crippen molar-refractivity contribution in [1.82, 2.24) is 19.3 Å². The second kappa shape index (κ2) is 9.77. The van der Waals surface area contributed by atoms with E-state index in [1.54, 1.807) is 33.8 Å². The molecule has 9 heteroatoms. The third kappa shape index (κ3) is 4.28. The third-order valence-corrected chi connectivity index (χ3v) is 6.47. The predicted octanol–water partition coefficient (Wildman–Crippen LogP) is 4.59. The Hall–Kier alpha value is -4.27. The number of hydrogen-bond acceptors (Lipinski definition) is 6. The summed E-state index contributed by atoms with van der Waals surface area (Å²) < 4.78 is 22.0. The quantitative estimate of drug-likeness (QED) is 0.400. The van der Waals surface area contributed by atoms with Gasteiger partial charge in [0.05, 0.1) is 30.1 Å². The van der Waals surface area contributed by atoms with Gasteiger partial charge in [0.15, 0.2) is 0 Å². The summed E-state index contributed by atoms with van der Waals surface area (Å²) in [7, 11) is 1.33. The van der Waals surface area contributed by atoms with Gasteiger partial charge in [0.1, 0.15) is 11.9 Å². The molecule has 0 radical (unpaired) electrons. The molecule has 3 heterocycles. The Labute approximate surface area is 207 Å². The number of fused-ring (bicyclic) bond motifs is 1. The van der Waals surface area contributed by atoms with Crippen molar-refractivity contribution in [2.24, 2.45) is 0 Å². The maximum Gasteiger partial charge on any atom is 0.330 e. The van der Waals surface area contributed by atoms with Gasteiger partial charge in [0.25, 0.3) is 5.56 Å². The van der Waals surface area contributed by atoms with Crippen molar-refractivity contribution < 1.29 is 13.9 Å². The molecule has 0 saturated heterocycles. The number of aromatic nitrogens is 4. The van der Waals surface area contributed by atoms with Crippen LogP contribution in [-0.4, -0.2) is 32.4 Å². The van der Waals surface area contributed by atoms with E-state index in [1.807, 2.05) is 37.3 Å². The minimum Gasteiger partial charge on any atom is -0.467 e. The smallest absolute Gasteiger partial charge is 0.330 e. The van der Waals surface area contributed by atoms with Crippen molar-refractivity contribution in [1.29, 1.82) is 0 Å². The third-order valence-electron chi connectivity index (χ3n) is 6.47. The molecule has 1 aliphatic heterocycles. The lowest BCUT2D eigenvalue weighted by molar-refractivity contribution is -0.146. The summed E-state index contributed by atoms with van der Waals surface area (Å²) in [6.07, 6.45) is 2.79. The van der Waals surface area contributed by atoms with Crippen LogP contribution in [0.3, 0.4) is 0 Å². The van der Waals surface area contributed by atoms with Crippen LogP contribution in [0.2, 0.25) is 0 Å². The van der Waals surface area contributed by atoms with Gasteiger partial charge in [-0.05, 0) is 49.1 Å². The Balaban J connectivity index is 1.67. The molecule has 1 aliphatic rings. The first-order valence-electron chi connectivity index (χ1n) is 11.8. The topological polar surface area (TPSA) is 91.0 Å². The monoisotopic (exact) mass is 487 g/mol. The van der Waals surface area contributed by atoms with E-state index in [0.29, 0.717) is 47.8 Å². The summed E-state index contributed by atoms with van der Waals surface area (Å²) in [4.78, 5) is 35.5. The van der Waals surface area contributed by atoms with Crippen LogP contribution in [0.25, 0.3) is 22.5 Å². The number of esters is 1. The zero-order valence-corrected chi connectivity index (χ0v) is 20.0. The van der Waals surface area contributed by atoms with Crippen LogP contribution in [0.5, 0.6) is 0 Å². The second-order valence-corrected chi connectivity index (χ2v) is 8.73. The molecular weight excluding hydrogens is 461 g/mol. The van der Waals surface area contributed by atoms with Crippen molar-refractivity contribution in [3.8, 4) is 22.5 Å². The molecule has 0 spiro atoms. The van der Waals surface area contributed by atoms with E-state index in [-0.39, 0.29) is 11.6 Å². The summed E-state index contributed by atoms with van der Waals surface area (Å²) in [6.45, 7) is 2.45. The fourth-order valence-electron chi connectivity index (χ4n) is 4.71. The van der Waals surface area contributed by atoms with Gasteiger partial charge in [-0.1, -0.05) is 42.5 Å². The molecule has 184 valence electrons. The average molecular weight is 488 g/mol. The minimum absolute atomic E-state index is 0.0634. The molecule has 2 aromatic heterocycles. The molecule has 0 aliphatic carbocycles. The molecule has 0 amide bonds. The Bertz CT molecular complexity index is 1450. The van der Waals surface area contributed by atoms with Crippen LogP contribution >= 0.6 is 0 Å². The summed E-state index contributed by atoms with van der Waals surface area (Å²) in [6, 6.07) is 16.6. The number of methoxy groups -OCH3 is 1. The number of nitrogens with one attached hydrogen (secondary N) is 1. The first-order chi connectivity index (χ1) is 17.5. The lowest BCUT2D eigenvalue weighted by atomic mass is 10.0. The zero-order chi connectivity index (χ0) is 25.2. The fraction of sp³-hybridized carbons (Fsp3) is 0.259. The molecule has 8 nitrogen and oxygen atoms in total. The van der Waals surface area contributed by atoms with Crippen LogP contribution in [-0.2, 0) is 16.1 Å². The number of hydrogen-bond donors (Lipinski definition) is 1. The molecule has 2 atom stereocenters. The molecule has 0 unspecified atom stereocenters. The van der Waals surface area contributed by atoms with Gasteiger partial charge in [-0.25, -0.2) is 23.8 Å². The molecule has 36 heavy (non-hydrogen) atoms. The van der Waals surface area contributed by atoms with E-state index in [0.717, 1.165) is 5.56 Å². The lowest BCUT2D eigenvalue weighted by Crippen LogP contribution is -2.35. The van der Waals surface area contributed by atoms with Crippen molar-refractivity contribution in [3.05, 3.63) is 88.6 Å². The molecule has 0 fully saturated rings. The fourth-order valence-corrected chi connectivity index (χ4v) is 4.71. The number of benzene rings is 2. The maximum absolute atomic E-state index is 13.7. The van der Waals surface area contributed by atoms with Crippen LogP contribution in [0.4, 0.5) is 10.3 Å². The Kier molecular flexibility index (Phi) is 6.37. The van der Waals surface area contributed by atoms with Crippen molar-refractivity contribution in [2.45, 2.75) is 38.4 Å². The van der Waals surface area contributed by atoms with Gasteiger partial charge in [-0.2, -0.15) is 0 Å². The number of ether oxygens (including phenoxy) is 1. The van der Waals surface area contributed by atoms with Gasteiger partial charge in [-0.15, -0.1) is 0 Å². The van der Waals surface area contributed by atoms with Crippen molar-refractivity contribution >= 4 is 11.9 Å². The summed E-state index contributed by atoms with van der Waals surface area (Å²) in [5.41, 5.74) is 2.64. The number of anilines is 1. The Morgan fingerprint density at radius 2 is 1.89 bits per heavy atom. The highest BCUT2D eigenvalue weighted by Gasteiger charge is 2.34. The van der Waals surface area contributed by atoms with E-state index >= 15 is 0 Å². The molecule has 2 aromatic carbocycles. The van der Waals surface area contributed by atoms with Crippen LogP contribution in [0.1, 0.15) is 37.4 Å². The molecular formula is C27H26FN5O3. The van der Waals surface area contributed by atoms with E-state index < -0.39 is 17.8 Å². The van der Waals surface area contributed by atoms with E-state index in [4.69, 9.17) is 9.72 Å². The average Bonchev–Trinajstić information content (AvgIpc) is 3.21. The van der Waals surface area contributed by atoms with E-state index in [9.17, 15) is 14.0 Å². The first-order valence-corrected chi connectivity index (χ1v) is 11.8. The van der Waals surface area contributed by atoms with Crippen molar-refractivity contribution in [3.63, 3.8) is 0 Å². The number of nitrogens with zero attached hydrogens (tertiary/aromatic N) is 4. The number of halogens is 1. The largest absolute Gasteiger partial charge is 0.467 e. The molecule has 0 bridgehead atoms. The summed E-state index contributed by atoms with van der Waals surface area (Å²) >= 11 is 0. The highest BCUT2D eigenvalue weighted by molar-refractivity contribution is 5.82. The Morgan fingerprint density at radius 3 is 2.61 bits per heavy atom. The summed E-state index contributed by atoms with van der Waals surface area (Å²) in [5, 5.41) is 3.31. The van der Waals surface area contributed by atoms with Gasteiger partial charge in [-0.3, -0.25) is 9.48 Å². The normalized spacial score (nSPS) is 15.7. The van der Waals surface area contributed by atoms with E-state index in [1.165, 1.54) is 19.2 Å². The molecule has 4 aromatic rings. The highest BCUT2D eigenvalue weighted by atomic mass is 19.1. The minimum atomic E-state index is -0.685. The predicted molar refractivity (Wildman–Crippen MR) is 134 cm³/mol. The van der Waals surface area contributed by atoms with Gasteiger partial charge >= 0.3 is 5.97 Å². The number of rotatable bonds is 6. The van der Waals surface area contributed by atoms with Gasteiger partial charge < -0.3 is 10.1 Å². The highest BCUT2D eigenvalue weighted by Crippen LogP contribution is 2.35. The Morgan fingerprint density at radius 1 is 1.14 bits per heavy atom. The van der Waals surface area contributed by atoms with Crippen LogP contribution in [0, 0.1) is 5.82 Å². The van der Waals surface area contributed by atoms with E-state index in [2.05, 4.69) is 10.3 Å². The number of carbonyl (C=O) groups excluding carboxylic acids is 1. The van der Waals surface area contributed by atoms with Crippen molar-refractivity contribution in [2.75, 3.05) is 12.4 Å². The van der Waals surface area contributed by atoms with Gasteiger partial charge in [0.2, 0.25) is 5.95 Å². The molecule has 1 N–H and O–H groups in total. The first kappa shape index (κ1) is 23.5. The van der Waals surface area contributed by atoms with Crippen LogP contribution in [0.15, 0.2) is 71.7 Å². The number of carbonyl (C=O) groups is 1. The zero-order valence-electron chi connectivity index (χ0n) is 20.0.